The van der Waals surface area contributed by atoms with Gasteiger partial charge in [0.15, 0.2) is 6.54 Å². The summed E-state index contributed by atoms with van der Waals surface area (Å²) in [6.07, 6.45) is 0. The van der Waals surface area contributed by atoms with E-state index in [9.17, 15) is 9.90 Å². The molecule has 0 aliphatic carbocycles. The molecule has 0 radical (unpaired) electrons. The Morgan fingerprint density at radius 2 is 1.83 bits per heavy atom. The Morgan fingerprint density at radius 1 is 1.14 bits per heavy atom. The van der Waals surface area contributed by atoms with Crippen molar-refractivity contribution in [3.8, 4) is 17.0 Å². The van der Waals surface area contributed by atoms with Crippen molar-refractivity contribution in [2.75, 3.05) is 42.9 Å². The van der Waals surface area contributed by atoms with Crippen molar-refractivity contribution in [1.29, 1.82) is 0 Å². The van der Waals surface area contributed by atoms with Crippen LogP contribution >= 0.6 is 0 Å². The van der Waals surface area contributed by atoms with Crippen LogP contribution in [-0.2, 0) is 4.79 Å². The Bertz CT molecular complexity index is 958. The van der Waals surface area contributed by atoms with E-state index in [1.165, 1.54) is 10.5 Å². The molecule has 0 bridgehead atoms. The van der Waals surface area contributed by atoms with Crippen LogP contribution in [0.25, 0.3) is 11.3 Å². The summed E-state index contributed by atoms with van der Waals surface area (Å²) in [6.45, 7) is 5.91. The van der Waals surface area contributed by atoms with Crippen LogP contribution in [-0.4, -0.2) is 48.9 Å². The highest BCUT2D eigenvalue weighted by molar-refractivity contribution is 5.90. The number of nitrogens with one attached hydrogen (secondary N) is 2. The van der Waals surface area contributed by atoms with Crippen LogP contribution in [0.2, 0.25) is 0 Å². The van der Waals surface area contributed by atoms with Crippen LogP contribution in [0.4, 0.5) is 11.6 Å². The number of hydrogen-bond donors (Lipinski definition) is 3. The van der Waals surface area contributed by atoms with Gasteiger partial charge in [-0.1, -0.05) is 35.0 Å². The molecule has 7 nitrogen and oxygen atoms in total. The highest BCUT2D eigenvalue weighted by Gasteiger charge is 2.23. The van der Waals surface area contributed by atoms with Crippen LogP contribution in [0, 0.1) is 6.92 Å². The number of aryl methyl sites for hydroxylation is 1. The second-order valence-electron chi connectivity index (χ2n) is 7.42. The van der Waals surface area contributed by atoms with Crippen molar-refractivity contribution < 1.29 is 19.3 Å². The number of hydrogen-bond acceptors (Lipinski definition) is 5. The largest absolute Gasteiger partial charge is 0.508 e. The number of phenols is 1. The van der Waals surface area contributed by atoms with E-state index in [2.05, 4.69) is 15.4 Å². The van der Waals surface area contributed by atoms with Crippen molar-refractivity contribution in [3.05, 3.63) is 60.2 Å². The number of aromatic nitrogens is 1. The normalized spacial score (nSPS) is 14.7. The third kappa shape index (κ3) is 4.75. The number of benzene rings is 2. The molecule has 0 atom stereocenters. The van der Waals surface area contributed by atoms with Gasteiger partial charge in [-0.25, -0.2) is 0 Å². The van der Waals surface area contributed by atoms with Crippen molar-refractivity contribution in [2.45, 2.75) is 6.92 Å². The molecule has 1 saturated heterocycles. The fourth-order valence-corrected chi connectivity index (χ4v) is 3.52. The van der Waals surface area contributed by atoms with Gasteiger partial charge in [0.05, 0.1) is 26.2 Å². The lowest BCUT2D eigenvalue weighted by molar-refractivity contribution is -0.892. The smallest absolute Gasteiger partial charge is 0.281 e. The predicted octanol–water partition coefficient (Wildman–Crippen LogP) is 1.70. The van der Waals surface area contributed by atoms with Crippen LogP contribution in [0.5, 0.6) is 5.75 Å². The number of nitrogens with zero attached hydrogens (tertiary/aromatic N) is 2. The number of piperazine rings is 1. The number of phenolic OH excluding ortho intramolecular Hbond substituents is 1. The Hall–Kier alpha value is -3.32. The minimum absolute atomic E-state index is 0.0790. The van der Waals surface area contributed by atoms with Crippen LogP contribution in [0.1, 0.15) is 5.56 Å². The van der Waals surface area contributed by atoms with Gasteiger partial charge in [-0.3, -0.25) is 10.1 Å². The van der Waals surface area contributed by atoms with Crippen molar-refractivity contribution >= 4 is 17.5 Å². The number of amides is 1. The van der Waals surface area contributed by atoms with Gasteiger partial charge >= 0.3 is 0 Å². The fourth-order valence-electron chi connectivity index (χ4n) is 3.52. The molecule has 0 unspecified atom stereocenters. The standard InChI is InChI=1S/C22H24N4O3/c1-16-2-4-17(5-3-16)20-14-22(29-24-20)23-21(28)15-25-10-12-26(13-11-25)18-6-8-19(27)9-7-18/h2-9,14,27H,10-13,15H2,1H3,(H,23,28)/p+1. The topological polar surface area (TPSA) is 83.0 Å². The highest BCUT2D eigenvalue weighted by Crippen LogP contribution is 2.22. The second-order valence-corrected chi connectivity index (χ2v) is 7.42. The molecule has 0 saturated carbocycles. The zero-order valence-corrected chi connectivity index (χ0v) is 16.4. The van der Waals surface area contributed by atoms with Crippen LogP contribution in [0.3, 0.4) is 0 Å². The number of aromatic hydroxyl groups is 1. The summed E-state index contributed by atoms with van der Waals surface area (Å²) in [5.74, 6) is 0.560. The molecular weight excluding hydrogens is 368 g/mol. The minimum Gasteiger partial charge on any atom is -0.508 e. The maximum atomic E-state index is 12.4. The quantitative estimate of drug-likeness (QED) is 0.615. The summed E-state index contributed by atoms with van der Waals surface area (Å²) in [4.78, 5) is 15.9. The number of carbonyl (C=O) groups excluding carboxylic acids is 1. The molecule has 1 aromatic heterocycles. The lowest BCUT2D eigenvalue weighted by Crippen LogP contribution is -3.15. The van der Waals surface area contributed by atoms with Gasteiger partial charge in [-0.05, 0) is 31.2 Å². The molecular formula is C22H25N4O3+. The third-order valence-electron chi connectivity index (χ3n) is 5.22. The molecule has 1 aliphatic rings. The molecule has 2 aromatic carbocycles. The Labute approximate surface area is 169 Å². The van der Waals surface area contributed by atoms with Gasteiger partial charge in [0, 0.05) is 17.3 Å². The molecule has 0 spiro atoms. The average molecular weight is 393 g/mol. The molecule has 1 fully saturated rings. The highest BCUT2D eigenvalue weighted by atomic mass is 16.5. The Morgan fingerprint density at radius 3 is 2.52 bits per heavy atom. The summed E-state index contributed by atoms with van der Waals surface area (Å²) in [7, 11) is 0. The Kier molecular flexibility index (Phi) is 5.48. The van der Waals surface area contributed by atoms with E-state index in [0.29, 0.717) is 18.1 Å². The molecule has 1 amide bonds. The maximum absolute atomic E-state index is 12.4. The molecule has 4 rings (SSSR count). The molecule has 3 N–H and O–H groups in total. The monoisotopic (exact) mass is 393 g/mol. The molecule has 150 valence electrons. The summed E-state index contributed by atoms with van der Waals surface area (Å²) in [6, 6.07) is 17.0. The zero-order chi connectivity index (χ0) is 20.2. The first-order valence-electron chi connectivity index (χ1n) is 9.78. The first-order valence-corrected chi connectivity index (χ1v) is 9.78. The van der Waals surface area contributed by atoms with Crippen molar-refractivity contribution in [1.82, 2.24) is 5.16 Å². The number of carbonyl (C=O) groups is 1. The summed E-state index contributed by atoms with van der Waals surface area (Å²) in [5, 5.41) is 16.3. The summed E-state index contributed by atoms with van der Waals surface area (Å²) in [5.41, 5.74) is 3.93. The van der Waals surface area contributed by atoms with Gasteiger partial charge in [0.2, 0.25) is 5.88 Å². The number of rotatable bonds is 5. The molecule has 3 aromatic rings. The van der Waals surface area contributed by atoms with Gasteiger partial charge in [0.1, 0.15) is 11.4 Å². The first-order chi connectivity index (χ1) is 14.1. The fraction of sp³-hybridized carbons (Fsp3) is 0.273. The van der Waals surface area contributed by atoms with Crippen LogP contribution in [0.15, 0.2) is 59.1 Å². The zero-order valence-electron chi connectivity index (χ0n) is 16.4. The van der Waals surface area contributed by atoms with E-state index in [1.807, 2.05) is 43.3 Å². The van der Waals surface area contributed by atoms with Crippen molar-refractivity contribution in [2.24, 2.45) is 0 Å². The second kappa shape index (κ2) is 8.36. The minimum atomic E-state index is -0.0790. The summed E-state index contributed by atoms with van der Waals surface area (Å²) >= 11 is 0. The van der Waals surface area contributed by atoms with Gasteiger partial charge in [0.25, 0.3) is 5.91 Å². The van der Waals surface area contributed by atoms with Crippen LogP contribution < -0.4 is 15.1 Å². The molecule has 29 heavy (non-hydrogen) atoms. The number of anilines is 2. The predicted molar refractivity (Wildman–Crippen MR) is 111 cm³/mol. The van der Waals surface area contributed by atoms with E-state index < -0.39 is 0 Å². The lowest BCUT2D eigenvalue weighted by atomic mass is 10.1. The number of quaternary nitrogens is 1. The van der Waals surface area contributed by atoms with Gasteiger partial charge in [-0.2, -0.15) is 0 Å². The average Bonchev–Trinajstić information content (AvgIpc) is 3.18. The van der Waals surface area contributed by atoms with E-state index >= 15 is 0 Å². The van der Waals surface area contributed by atoms with Crippen molar-refractivity contribution in [3.63, 3.8) is 0 Å². The molecule has 2 heterocycles. The van der Waals surface area contributed by atoms with Gasteiger partial charge in [-0.15, -0.1) is 0 Å². The lowest BCUT2D eigenvalue weighted by Gasteiger charge is -2.33. The van der Waals surface area contributed by atoms with E-state index in [4.69, 9.17) is 4.52 Å². The maximum Gasteiger partial charge on any atom is 0.281 e. The molecule has 1 aliphatic heterocycles. The first kappa shape index (κ1) is 19.0. The Balaban J connectivity index is 1.27. The summed E-state index contributed by atoms with van der Waals surface area (Å²) < 4.78 is 5.27. The van der Waals surface area contributed by atoms with Gasteiger partial charge < -0.3 is 19.4 Å². The molecule has 7 heteroatoms. The van der Waals surface area contributed by atoms with E-state index in [-0.39, 0.29) is 11.7 Å². The third-order valence-corrected chi connectivity index (χ3v) is 5.22. The van der Waals surface area contributed by atoms with E-state index in [1.54, 1.807) is 18.2 Å². The van der Waals surface area contributed by atoms with E-state index in [0.717, 1.165) is 37.4 Å². The SMILES string of the molecule is Cc1ccc(-c2cc(NC(=O)C[NH+]3CCN(c4ccc(O)cc4)CC3)on2)cc1.